The molecule has 1 aliphatic heterocycles. The lowest BCUT2D eigenvalue weighted by molar-refractivity contribution is -0.123. The van der Waals surface area contributed by atoms with Crippen LogP contribution in [0, 0.1) is 0 Å². The third kappa shape index (κ3) is 4.64. The number of piperidine rings is 1. The molecule has 0 aliphatic carbocycles. The standard InChI is InChI=1S/C9H17N3O3/c10-9(14)15-6-5-12-8(13)7-3-1-2-4-11-7/h7,11H,1-6H2,(H2,10,14)(H,12,13). The van der Waals surface area contributed by atoms with Gasteiger partial charge in [0.1, 0.15) is 6.61 Å². The van der Waals surface area contributed by atoms with Gasteiger partial charge in [-0.25, -0.2) is 4.79 Å². The van der Waals surface area contributed by atoms with Crippen LogP contribution in [0.3, 0.4) is 0 Å². The van der Waals surface area contributed by atoms with Crippen molar-refractivity contribution in [2.75, 3.05) is 19.7 Å². The van der Waals surface area contributed by atoms with Gasteiger partial charge in [-0.3, -0.25) is 4.79 Å². The van der Waals surface area contributed by atoms with Crippen LogP contribution in [0.5, 0.6) is 0 Å². The van der Waals surface area contributed by atoms with Gasteiger partial charge < -0.3 is 21.1 Å². The predicted molar refractivity (Wildman–Crippen MR) is 54.2 cm³/mol. The molecule has 0 spiro atoms. The number of ether oxygens (including phenoxy) is 1. The Labute approximate surface area is 88.5 Å². The third-order valence-electron chi connectivity index (χ3n) is 2.27. The second-order valence-corrected chi connectivity index (χ2v) is 3.46. The lowest BCUT2D eigenvalue weighted by Gasteiger charge is -2.22. The number of nitrogens with one attached hydrogen (secondary N) is 2. The van der Waals surface area contributed by atoms with E-state index in [4.69, 9.17) is 5.73 Å². The number of nitrogens with two attached hydrogens (primary N) is 1. The van der Waals surface area contributed by atoms with Gasteiger partial charge in [0.15, 0.2) is 0 Å². The van der Waals surface area contributed by atoms with E-state index in [0.29, 0.717) is 6.54 Å². The minimum absolute atomic E-state index is 0.0391. The monoisotopic (exact) mass is 215 g/mol. The zero-order chi connectivity index (χ0) is 11.1. The summed E-state index contributed by atoms with van der Waals surface area (Å²) in [5.74, 6) is -0.0391. The first-order valence-electron chi connectivity index (χ1n) is 5.13. The first-order chi connectivity index (χ1) is 7.20. The van der Waals surface area contributed by atoms with Crippen LogP contribution < -0.4 is 16.4 Å². The SMILES string of the molecule is NC(=O)OCCNC(=O)C1CCCCN1. The lowest BCUT2D eigenvalue weighted by Crippen LogP contribution is -2.47. The van der Waals surface area contributed by atoms with Gasteiger partial charge >= 0.3 is 6.09 Å². The van der Waals surface area contributed by atoms with Gasteiger partial charge in [-0.2, -0.15) is 0 Å². The average Bonchev–Trinajstić information content (AvgIpc) is 2.25. The van der Waals surface area contributed by atoms with Crippen LogP contribution in [-0.4, -0.2) is 37.7 Å². The van der Waals surface area contributed by atoms with Crippen molar-refractivity contribution < 1.29 is 14.3 Å². The van der Waals surface area contributed by atoms with E-state index in [9.17, 15) is 9.59 Å². The van der Waals surface area contributed by atoms with Gasteiger partial charge in [-0.1, -0.05) is 6.42 Å². The molecule has 0 radical (unpaired) electrons. The number of carbonyl (C=O) groups excluding carboxylic acids is 2. The van der Waals surface area contributed by atoms with Crippen LogP contribution in [0.4, 0.5) is 4.79 Å². The second kappa shape index (κ2) is 6.23. The van der Waals surface area contributed by atoms with Crippen LogP contribution in [0.25, 0.3) is 0 Å². The summed E-state index contributed by atoms with van der Waals surface area (Å²) < 4.78 is 4.48. The molecule has 0 bridgehead atoms. The molecule has 1 aliphatic rings. The van der Waals surface area contributed by atoms with Crippen molar-refractivity contribution in [2.24, 2.45) is 5.73 Å². The van der Waals surface area contributed by atoms with E-state index in [1.54, 1.807) is 0 Å². The van der Waals surface area contributed by atoms with E-state index in [-0.39, 0.29) is 18.6 Å². The fraction of sp³-hybridized carbons (Fsp3) is 0.778. The smallest absolute Gasteiger partial charge is 0.404 e. The van der Waals surface area contributed by atoms with E-state index in [2.05, 4.69) is 15.4 Å². The van der Waals surface area contributed by atoms with Crippen LogP contribution in [-0.2, 0) is 9.53 Å². The Morgan fingerprint density at radius 3 is 2.87 bits per heavy atom. The molecule has 1 atom stereocenters. The first-order valence-corrected chi connectivity index (χ1v) is 5.13. The Morgan fingerprint density at radius 2 is 2.27 bits per heavy atom. The quantitative estimate of drug-likeness (QED) is 0.543. The summed E-state index contributed by atoms with van der Waals surface area (Å²) in [5, 5.41) is 5.80. The van der Waals surface area contributed by atoms with Gasteiger partial charge in [-0.05, 0) is 19.4 Å². The van der Waals surface area contributed by atoms with Gasteiger partial charge in [0.25, 0.3) is 0 Å². The number of rotatable bonds is 4. The Balaban J connectivity index is 2.09. The summed E-state index contributed by atoms with van der Waals surface area (Å²) in [7, 11) is 0. The van der Waals surface area contributed by atoms with Gasteiger partial charge in [-0.15, -0.1) is 0 Å². The number of hydrogen-bond donors (Lipinski definition) is 3. The summed E-state index contributed by atoms with van der Waals surface area (Å²) >= 11 is 0. The molecule has 0 aromatic rings. The summed E-state index contributed by atoms with van der Waals surface area (Å²) in [6.07, 6.45) is 2.24. The number of primary amides is 1. The molecule has 1 unspecified atom stereocenters. The van der Waals surface area contributed by atoms with Crippen LogP contribution in [0.2, 0.25) is 0 Å². The van der Waals surface area contributed by atoms with E-state index in [1.807, 2.05) is 0 Å². The molecule has 1 saturated heterocycles. The summed E-state index contributed by atoms with van der Waals surface area (Å²) in [5.41, 5.74) is 4.77. The van der Waals surface area contributed by atoms with E-state index < -0.39 is 6.09 Å². The molecular weight excluding hydrogens is 198 g/mol. The highest BCUT2D eigenvalue weighted by Gasteiger charge is 2.19. The van der Waals surface area contributed by atoms with Crippen molar-refractivity contribution in [3.05, 3.63) is 0 Å². The molecule has 1 heterocycles. The fourth-order valence-electron chi connectivity index (χ4n) is 1.52. The topological polar surface area (TPSA) is 93.5 Å². The summed E-state index contributed by atoms with van der Waals surface area (Å²) in [4.78, 5) is 21.7. The Kier molecular flexibility index (Phi) is 4.89. The lowest BCUT2D eigenvalue weighted by atomic mass is 10.0. The van der Waals surface area contributed by atoms with E-state index in [1.165, 1.54) is 0 Å². The van der Waals surface area contributed by atoms with Crippen molar-refractivity contribution in [3.63, 3.8) is 0 Å². The molecule has 0 aromatic heterocycles. The molecule has 0 aromatic carbocycles. The highest BCUT2D eigenvalue weighted by Crippen LogP contribution is 2.06. The van der Waals surface area contributed by atoms with Gasteiger partial charge in [0.05, 0.1) is 12.6 Å². The summed E-state index contributed by atoms with van der Waals surface area (Å²) in [6.45, 7) is 1.31. The predicted octanol–water partition coefficient (Wildman–Crippen LogP) is -0.660. The zero-order valence-corrected chi connectivity index (χ0v) is 8.62. The molecule has 6 nitrogen and oxygen atoms in total. The average molecular weight is 215 g/mol. The van der Waals surface area contributed by atoms with Crippen molar-refractivity contribution in [1.29, 1.82) is 0 Å². The van der Waals surface area contributed by atoms with Gasteiger partial charge in [0, 0.05) is 0 Å². The fourth-order valence-corrected chi connectivity index (χ4v) is 1.52. The van der Waals surface area contributed by atoms with Crippen molar-refractivity contribution >= 4 is 12.0 Å². The first kappa shape index (κ1) is 11.8. The maximum atomic E-state index is 11.5. The van der Waals surface area contributed by atoms with Gasteiger partial charge in [0.2, 0.25) is 5.91 Å². The van der Waals surface area contributed by atoms with Crippen molar-refractivity contribution in [1.82, 2.24) is 10.6 Å². The van der Waals surface area contributed by atoms with Crippen LogP contribution >= 0.6 is 0 Å². The number of hydrogen-bond acceptors (Lipinski definition) is 4. The zero-order valence-electron chi connectivity index (χ0n) is 8.62. The maximum absolute atomic E-state index is 11.5. The minimum Gasteiger partial charge on any atom is -0.448 e. The molecule has 86 valence electrons. The Morgan fingerprint density at radius 1 is 1.47 bits per heavy atom. The molecule has 1 rings (SSSR count). The third-order valence-corrected chi connectivity index (χ3v) is 2.27. The van der Waals surface area contributed by atoms with Crippen molar-refractivity contribution in [3.8, 4) is 0 Å². The highest BCUT2D eigenvalue weighted by atomic mass is 16.5. The second-order valence-electron chi connectivity index (χ2n) is 3.46. The van der Waals surface area contributed by atoms with E-state index in [0.717, 1.165) is 25.8 Å². The number of amides is 2. The minimum atomic E-state index is -0.819. The summed E-state index contributed by atoms with van der Waals surface area (Å²) in [6, 6.07) is -0.104. The Bertz CT molecular complexity index is 227. The van der Waals surface area contributed by atoms with Crippen LogP contribution in [0.1, 0.15) is 19.3 Å². The molecule has 1 fully saturated rings. The molecular formula is C9H17N3O3. The molecule has 15 heavy (non-hydrogen) atoms. The largest absolute Gasteiger partial charge is 0.448 e. The molecule has 2 amide bonds. The molecule has 4 N–H and O–H groups in total. The maximum Gasteiger partial charge on any atom is 0.404 e. The van der Waals surface area contributed by atoms with Crippen molar-refractivity contribution in [2.45, 2.75) is 25.3 Å². The highest BCUT2D eigenvalue weighted by molar-refractivity contribution is 5.81. The molecule has 0 saturated carbocycles. The van der Waals surface area contributed by atoms with Crippen LogP contribution in [0.15, 0.2) is 0 Å². The van der Waals surface area contributed by atoms with E-state index >= 15 is 0 Å². The Hall–Kier alpha value is -1.30. The number of carbonyl (C=O) groups is 2. The normalized spacial score (nSPS) is 20.7. The molecule has 6 heteroatoms.